The number of benzene rings is 2. The van der Waals surface area contributed by atoms with Crippen LogP contribution in [0.3, 0.4) is 0 Å². The van der Waals surface area contributed by atoms with Crippen molar-refractivity contribution in [1.82, 2.24) is 4.90 Å². The van der Waals surface area contributed by atoms with Crippen molar-refractivity contribution in [2.24, 2.45) is 0 Å². The lowest BCUT2D eigenvalue weighted by Crippen LogP contribution is -2.31. The molecule has 0 unspecified atom stereocenters. The summed E-state index contributed by atoms with van der Waals surface area (Å²) in [4.78, 5) is 14.1. The van der Waals surface area contributed by atoms with Crippen LogP contribution in [0.5, 0.6) is 0 Å². The van der Waals surface area contributed by atoms with Gasteiger partial charge in [0.05, 0.1) is 5.56 Å². The zero-order valence-corrected chi connectivity index (χ0v) is 13.2. The van der Waals surface area contributed by atoms with E-state index < -0.39 is 5.82 Å². The van der Waals surface area contributed by atoms with E-state index in [1.807, 2.05) is 25.1 Å². The molecule has 0 atom stereocenters. The lowest BCUT2D eigenvalue weighted by molar-refractivity contribution is 0.0747. The van der Waals surface area contributed by atoms with Gasteiger partial charge in [0, 0.05) is 23.2 Å². The number of nitrogens with zero attached hydrogens (tertiary/aromatic N) is 1. The highest BCUT2D eigenvalue weighted by atomic mass is 79.9. The van der Waals surface area contributed by atoms with E-state index in [9.17, 15) is 9.18 Å². The molecular weight excluding hydrogens is 335 g/mol. The minimum Gasteiger partial charge on any atom is -0.398 e. The molecule has 21 heavy (non-hydrogen) atoms. The molecule has 3 nitrogen and oxygen atoms in total. The SMILES string of the molecule is CCN(Cc1ccccc1N)C(=O)c1c(F)cccc1Br. The molecule has 1 amide bonds. The predicted molar refractivity (Wildman–Crippen MR) is 85.4 cm³/mol. The van der Waals surface area contributed by atoms with E-state index in [1.54, 1.807) is 23.1 Å². The number of para-hydroxylation sites is 1. The molecule has 0 aliphatic heterocycles. The Morgan fingerprint density at radius 2 is 1.95 bits per heavy atom. The normalized spacial score (nSPS) is 10.4. The number of halogens is 2. The Labute approximate surface area is 131 Å². The summed E-state index contributed by atoms with van der Waals surface area (Å²) < 4.78 is 14.4. The van der Waals surface area contributed by atoms with Crippen molar-refractivity contribution in [2.45, 2.75) is 13.5 Å². The van der Waals surface area contributed by atoms with Crippen molar-refractivity contribution in [3.05, 3.63) is 63.9 Å². The van der Waals surface area contributed by atoms with Gasteiger partial charge >= 0.3 is 0 Å². The van der Waals surface area contributed by atoms with Crippen molar-refractivity contribution in [1.29, 1.82) is 0 Å². The topological polar surface area (TPSA) is 46.3 Å². The Kier molecular flexibility index (Phi) is 4.96. The molecule has 2 aromatic rings. The van der Waals surface area contributed by atoms with Crippen molar-refractivity contribution in [3.8, 4) is 0 Å². The Bertz CT molecular complexity index is 640. The number of hydrogen-bond donors (Lipinski definition) is 1. The third-order valence-electron chi connectivity index (χ3n) is 3.26. The average molecular weight is 351 g/mol. The second kappa shape index (κ2) is 6.72. The summed E-state index contributed by atoms with van der Waals surface area (Å²) in [5, 5.41) is 0. The van der Waals surface area contributed by atoms with Gasteiger partial charge in [-0.15, -0.1) is 0 Å². The van der Waals surface area contributed by atoms with Crippen molar-refractivity contribution in [3.63, 3.8) is 0 Å². The average Bonchev–Trinajstić information content (AvgIpc) is 2.46. The lowest BCUT2D eigenvalue weighted by Gasteiger charge is -2.22. The van der Waals surface area contributed by atoms with Gasteiger partial charge in [-0.2, -0.15) is 0 Å². The molecule has 0 saturated carbocycles. The van der Waals surface area contributed by atoms with E-state index >= 15 is 0 Å². The zero-order chi connectivity index (χ0) is 15.4. The van der Waals surface area contributed by atoms with Gasteiger partial charge < -0.3 is 10.6 Å². The van der Waals surface area contributed by atoms with Crippen molar-refractivity contribution >= 4 is 27.5 Å². The maximum Gasteiger partial charge on any atom is 0.258 e. The fourth-order valence-corrected chi connectivity index (χ4v) is 2.58. The first-order valence-electron chi connectivity index (χ1n) is 6.61. The molecule has 0 saturated heterocycles. The van der Waals surface area contributed by atoms with Crippen LogP contribution in [0, 0.1) is 5.82 Å². The number of nitrogen functional groups attached to an aromatic ring is 1. The predicted octanol–water partition coefficient (Wildman–Crippen LogP) is 3.83. The minimum atomic E-state index is -0.533. The van der Waals surface area contributed by atoms with E-state index in [4.69, 9.17) is 5.73 Å². The van der Waals surface area contributed by atoms with Crippen LogP contribution in [0.15, 0.2) is 46.9 Å². The van der Waals surface area contributed by atoms with Gasteiger partial charge in [-0.3, -0.25) is 4.79 Å². The van der Waals surface area contributed by atoms with Crippen LogP contribution in [0.1, 0.15) is 22.8 Å². The van der Waals surface area contributed by atoms with E-state index in [0.29, 0.717) is 23.2 Å². The molecule has 5 heteroatoms. The van der Waals surface area contributed by atoms with E-state index in [0.717, 1.165) is 5.56 Å². The summed E-state index contributed by atoms with van der Waals surface area (Å²) in [5.41, 5.74) is 7.42. The number of anilines is 1. The molecule has 0 aliphatic rings. The number of carbonyl (C=O) groups is 1. The summed E-state index contributed by atoms with van der Waals surface area (Å²) in [5.74, 6) is -0.889. The smallest absolute Gasteiger partial charge is 0.258 e. The molecule has 2 aromatic carbocycles. The molecule has 0 aromatic heterocycles. The molecule has 0 aliphatic carbocycles. The van der Waals surface area contributed by atoms with Gasteiger partial charge in [0.1, 0.15) is 5.82 Å². The summed E-state index contributed by atoms with van der Waals surface area (Å²) >= 11 is 3.23. The number of carbonyl (C=O) groups excluding carboxylic acids is 1. The molecule has 110 valence electrons. The Hall–Kier alpha value is -1.88. The maximum absolute atomic E-state index is 13.9. The van der Waals surface area contributed by atoms with Gasteiger partial charge in [-0.1, -0.05) is 24.3 Å². The highest BCUT2D eigenvalue weighted by molar-refractivity contribution is 9.10. The highest BCUT2D eigenvalue weighted by Gasteiger charge is 2.21. The van der Waals surface area contributed by atoms with E-state index in [2.05, 4.69) is 15.9 Å². The van der Waals surface area contributed by atoms with Crippen molar-refractivity contribution < 1.29 is 9.18 Å². The molecular formula is C16H16BrFN2O. The molecule has 2 N–H and O–H groups in total. The summed E-state index contributed by atoms with van der Waals surface area (Å²) in [7, 11) is 0. The van der Waals surface area contributed by atoms with Crippen LogP contribution in [0.2, 0.25) is 0 Å². The standard InChI is InChI=1S/C16H16BrFN2O/c1-2-20(10-11-6-3-4-9-14(11)19)16(21)15-12(17)7-5-8-13(15)18/h3-9H,2,10,19H2,1H3. The monoisotopic (exact) mass is 350 g/mol. The van der Waals surface area contributed by atoms with Crippen LogP contribution in [-0.2, 0) is 6.54 Å². The van der Waals surface area contributed by atoms with Gasteiger partial charge in [0.2, 0.25) is 0 Å². The number of rotatable bonds is 4. The first kappa shape index (κ1) is 15.5. The van der Waals surface area contributed by atoms with Gasteiger partial charge in [0.25, 0.3) is 5.91 Å². The number of hydrogen-bond acceptors (Lipinski definition) is 2. The molecule has 0 spiro atoms. The van der Waals surface area contributed by atoms with Crippen molar-refractivity contribution in [2.75, 3.05) is 12.3 Å². The first-order chi connectivity index (χ1) is 10.0. The fraction of sp³-hybridized carbons (Fsp3) is 0.188. The Morgan fingerprint density at radius 3 is 2.57 bits per heavy atom. The van der Waals surface area contributed by atoms with Gasteiger partial charge in [-0.25, -0.2) is 4.39 Å². The van der Waals surface area contributed by atoms with Gasteiger partial charge in [-0.05, 0) is 46.6 Å². The molecule has 0 heterocycles. The summed E-state index contributed by atoms with van der Waals surface area (Å²) in [6.45, 7) is 2.67. The largest absolute Gasteiger partial charge is 0.398 e. The first-order valence-corrected chi connectivity index (χ1v) is 7.40. The third kappa shape index (κ3) is 3.42. The molecule has 0 bridgehead atoms. The maximum atomic E-state index is 13.9. The second-order valence-corrected chi connectivity index (χ2v) is 5.47. The number of amides is 1. The summed E-state index contributed by atoms with van der Waals surface area (Å²) in [6.07, 6.45) is 0. The number of nitrogens with two attached hydrogens (primary N) is 1. The van der Waals surface area contributed by atoms with Crippen LogP contribution < -0.4 is 5.73 Å². The second-order valence-electron chi connectivity index (χ2n) is 4.61. The molecule has 0 radical (unpaired) electrons. The Balaban J connectivity index is 2.30. The van der Waals surface area contributed by atoms with Crippen LogP contribution >= 0.6 is 15.9 Å². The molecule has 0 fully saturated rings. The Morgan fingerprint density at radius 1 is 1.24 bits per heavy atom. The minimum absolute atomic E-state index is 0.0499. The van der Waals surface area contributed by atoms with E-state index in [1.165, 1.54) is 6.07 Å². The summed E-state index contributed by atoms with van der Waals surface area (Å²) in [6, 6.07) is 11.8. The van der Waals surface area contributed by atoms with Crippen LogP contribution in [-0.4, -0.2) is 17.4 Å². The zero-order valence-electron chi connectivity index (χ0n) is 11.6. The quantitative estimate of drug-likeness (QED) is 0.851. The van der Waals surface area contributed by atoms with E-state index in [-0.39, 0.29) is 11.5 Å². The highest BCUT2D eigenvalue weighted by Crippen LogP contribution is 2.23. The molecule has 2 rings (SSSR count). The fourth-order valence-electron chi connectivity index (χ4n) is 2.07. The lowest BCUT2D eigenvalue weighted by atomic mass is 10.1. The van der Waals surface area contributed by atoms with Crippen LogP contribution in [0.4, 0.5) is 10.1 Å². The van der Waals surface area contributed by atoms with Crippen LogP contribution in [0.25, 0.3) is 0 Å². The third-order valence-corrected chi connectivity index (χ3v) is 3.92. The van der Waals surface area contributed by atoms with Gasteiger partial charge in [0.15, 0.2) is 0 Å².